The summed E-state index contributed by atoms with van der Waals surface area (Å²) in [7, 11) is 0. The van der Waals surface area contributed by atoms with Crippen LogP contribution in [0.25, 0.3) is 0 Å². The van der Waals surface area contributed by atoms with Crippen molar-refractivity contribution in [3.05, 3.63) is 48.8 Å². The minimum atomic E-state index is -0.271. The Morgan fingerprint density at radius 3 is 3.06 bits per heavy atom. The molecule has 1 aromatic heterocycles. The van der Waals surface area contributed by atoms with Crippen LogP contribution in [0.1, 0.15) is 6.42 Å². The van der Waals surface area contributed by atoms with Crippen LogP contribution in [0, 0.1) is 5.82 Å². The van der Waals surface area contributed by atoms with Crippen molar-refractivity contribution in [1.82, 2.24) is 9.55 Å². The molecule has 4 heteroatoms. The van der Waals surface area contributed by atoms with Gasteiger partial charge >= 0.3 is 0 Å². The molecule has 1 aromatic carbocycles. The van der Waals surface area contributed by atoms with Crippen molar-refractivity contribution in [2.24, 2.45) is 0 Å². The molecule has 3 nitrogen and oxygen atoms in total. The molecule has 0 atom stereocenters. The highest BCUT2D eigenvalue weighted by atomic mass is 19.1. The molecule has 2 aromatic rings. The van der Waals surface area contributed by atoms with Gasteiger partial charge in [-0.3, -0.25) is 0 Å². The van der Waals surface area contributed by atoms with E-state index in [4.69, 9.17) is 4.74 Å². The predicted octanol–water partition coefficient (Wildman–Crippen LogP) is 2.49. The molecule has 16 heavy (non-hydrogen) atoms. The quantitative estimate of drug-likeness (QED) is 0.724. The summed E-state index contributed by atoms with van der Waals surface area (Å²) in [6, 6.07) is 6.18. The Kier molecular flexibility index (Phi) is 3.53. The van der Waals surface area contributed by atoms with E-state index in [2.05, 4.69) is 4.98 Å². The van der Waals surface area contributed by atoms with Gasteiger partial charge in [-0.25, -0.2) is 9.37 Å². The van der Waals surface area contributed by atoms with Crippen LogP contribution in [-0.4, -0.2) is 16.2 Å². The van der Waals surface area contributed by atoms with Crippen molar-refractivity contribution in [3.63, 3.8) is 0 Å². The van der Waals surface area contributed by atoms with Gasteiger partial charge in [0.1, 0.15) is 11.6 Å². The SMILES string of the molecule is Fc1cccc(OCCCn2ccnc2)c1. The molecule has 0 fully saturated rings. The number of nitrogens with zero attached hydrogens (tertiary/aromatic N) is 2. The monoisotopic (exact) mass is 220 g/mol. The number of aromatic nitrogens is 2. The van der Waals surface area contributed by atoms with Gasteiger partial charge < -0.3 is 9.30 Å². The number of imidazole rings is 1. The normalized spacial score (nSPS) is 10.3. The van der Waals surface area contributed by atoms with Crippen LogP contribution in [-0.2, 0) is 6.54 Å². The molecule has 84 valence electrons. The first-order chi connectivity index (χ1) is 7.84. The van der Waals surface area contributed by atoms with E-state index >= 15 is 0 Å². The summed E-state index contributed by atoms with van der Waals surface area (Å²) in [5.74, 6) is 0.303. The zero-order chi connectivity index (χ0) is 11.2. The van der Waals surface area contributed by atoms with Crippen molar-refractivity contribution < 1.29 is 9.13 Å². The van der Waals surface area contributed by atoms with Crippen LogP contribution >= 0.6 is 0 Å². The van der Waals surface area contributed by atoms with Crippen molar-refractivity contribution in [1.29, 1.82) is 0 Å². The Labute approximate surface area is 93.5 Å². The molecule has 0 bridgehead atoms. The lowest BCUT2D eigenvalue weighted by Crippen LogP contribution is -2.03. The van der Waals surface area contributed by atoms with Gasteiger partial charge in [0.2, 0.25) is 0 Å². The third-order valence-electron chi connectivity index (χ3n) is 2.18. The van der Waals surface area contributed by atoms with Gasteiger partial charge in [0.05, 0.1) is 12.9 Å². The van der Waals surface area contributed by atoms with Crippen LogP contribution in [0.4, 0.5) is 4.39 Å². The number of benzene rings is 1. The smallest absolute Gasteiger partial charge is 0.126 e. The molecule has 0 saturated carbocycles. The molecule has 0 aliphatic carbocycles. The highest BCUT2D eigenvalue weighted by Crippen LogP contribution is 2.12. The Bertz CT molecular complexity index is 428. The Balaban J connectivity index is 1.72. The minimum Gasteiger partial charge on any atom is -0.493 e. The highest BCUT2D eigenvalue weighted by Gasteiger charge is 1.96. The molecule has 0 aliphatic rings. The maximum atomic E-state index is 12.8. The first-order valence-corrected chi connectivity index (χ1v) is 5.19. The second-order valence-electron chi connectivity index (χ2n) is 3.46. The number of hydrogen-bond acceptors (Lipinski definition) is 2. The third-order valence-corrected chi connectivity index (χ3v) is 2.18. The summed E-state index contributed by atoms with van der Waals surface area (Å²) in [5, 5.41) is 0. The fourth-order valence-corrected chi connectivity index (χ4v) is 1.41. The van der Waals surface area contributed by atoms with Gasteiger partial charge in [-0.15, -0.1) is 0 Å². The van der Waals surface area contributed by atoms with Crippen molar-refractivity contribution in [3.8, 4) is 5.75 Å². The maximum Gasteiger partial charge on any atom is 0.126 e. The number of rotatable bonds is 5. The number of halogens is 1. The standard InChI is InChI=1S/C12H13FN2O/c13-11-3-1-4-12(9-11)16-8-2-6-15-7-5-14-10-15/h1,3-5,7,9-10H,2,6,8H2. The largest absolute Gasteiger partial charge is 0.493 e. The summed E-state index contributed by atoms with van der Waals surface area (Å²) in [6.45, 7) is 1.43. The number of ether oxygens (including phenoxy) is 1. The van der Waals surface area contributed by atoms with Crippen LogP contribution in [0.2, 0.25) is 0 Å². The first kappa shape index (κ1) is 10.7. The second kappa shape index (κ2) is 5.30. The average Bonchev–Trinajstić information content (AvgIpc) is 2.77. The van der Waals surface area contributed by atoms with Gasteiger partial charge in [-0.1, -0.05) is 6.07 Å². The van der Waals surface area contributed by atoms with E-state index in [-0.39, 0.29) is 5.82 Å². The fourth-order valence-electron chi connectivity index (χ4n) is 1.41. The van der Waals surface area contributed by atoms with Gasteiger partial charge in [0.25, 0.3) is 0 Å². The van der Waals surface area contributed by atoms with E-state index in [1.54, 1.807) is 24.7 Å². The van der Waals surface area contributed by atoms with E-state index in [1.807, 2.05) is 10.8 Å². The molecular weight excluding hydrogens is 207 g/mol. The predicted molar refractivity (Wildman–Crippen MR) is 58.7 cm³/mol. The molecule has 0 N–H and O–H groups in total. The van der Waals surface area contributed by atoms with E-state index in [9.17, 15) is 4.39 Å². The second-order valence-corrected chi connectivity index (χ2v) is 3.46. The molecule has 0 amide bonds. The summed E-state index contributed by atoms with van der Waals surface area (Å²) in [6.07, 6.45) is 6.28. The van der Waals surface area contributed by atoms with Crippen LogP contribution < -0.4 is 4.74 Å². The third kappa shape index (κ3) is 3.08. The molecule has 0 saturated heterocycles. The van der Waals surface area contributed by atoms with E-state index in [0.29, 0.717) is 12.4 Å². The first-order valence-electron chi connectivity index (χ1n) is 5.19. The molecule has 0 radical (unpaired) electrons. The maximum absolute atomic E-state index is 12.8. The topological polar surface area (TPSA) is 27.1 Å². The van der Waals surface area contributed by atoms with E-state index < -0.39 is 0 Å². The molecule has 0 spiro atoms. The summed E-state index contributed by atoms with van der Waals surface area (Å²) < 4.78 is 20.2. The van der Waals surface area contributed by atoms with E-state index in [1.165, 1.54) is 12.1 Å². The van der Waals surface area contributed by atoms with Crippen LogP contribution in [0.5, 0.6) is 5.75 Å². The lowest BCUT2D eigenvalue weighted by Gasteiger charge is -2.06. The van der Waals surface area contributed by atoms with Gasteiger partial charge in [0.15, 0.2) is 0 Å². The van der Waals surface area contributed by atoms with Gasteiger partial charge in [0, 0.05) is 25.0 Å². The molecular formula is C12H13FN2O. The number of hydrogen-bond donors (Lipinski definition) is 0. The molecule has 0 unspecified atom stereocenters. The Morgan fingerprint density at radius 1 is 1.38 bits per heavy atom. The van der Waals surface area contributed by atoms with Crippen molar-refractivity contribution in [2.45, 2.75) is 13.0 Å². The Morgan fingerprint density at radius 2 is 2.31 bits per heavy atom. The van der Waals surface area contributed by atoms with Crippen LogP contribution in [0.15, 0.2) is 43.0 Å². The molecule has 2 rings (SSSR count). The van der Waals surface area contributed by atoms with Crippen molar-refractivity contribution >= 4 is 0 Å². The van der Waals surface area contributed by atoms with Crippen molar-refractivity contribution in [2.75, 3.05) is 6.61 Å². The minimum absolute atomic E-state index is 0.271. The van der Waals surface area contributed by atoms with E-state index in [0.717, 1.165) is 13.0 Å². The lowest BCUT2D eigenvalue weighted by atomic mass is 10.3. The van der Waals surface area contributed by atoms with Crippen LogP contribution in [0.3, 0.4) is 0 Å². The average molecular weight is 220 g/mol. The molecule has 0 aliphatic heterocycles. The highest BCUT2D eigenvalue weighted by molar-refractivity contribution is 5.22. The molecule has 1 heterocycles. The summed E-state index contributed by atoms with van der Waals surface area (Å²) in [4.78, 5) is 3.94. The Hall–Kier alpha value is -1.84. The van der Waals surface area contributed by atoms with Gasteiger partial charge in [-0.2, -0.15) is 0 Å². The summed E-state index contributed by atoms with van der Waals surface area (Å²) >= 11 is 0. The zero-order valence-corrected chi connectivity index (χ0v) is 8.84. The number of aryl methyl sites for hydroxylation is 1. The van der Waals surface area contributed by atoms with Gasteiger partial charge in [-0.05, 0) is 18.6 Å². The zero-order valence-electron chi connectivity index (χ0n) is 8.84. The fraction of sp³-hybridized carbons (Fsp3) is 0.250. The lowest BCUT2D eigenvalue weighted by molar-refractivity contribution is 0.300. The summed E-state index contributed by atoms with van der Waals surface area (Å²) in [5.41, 5.74) is 0.